The molecule has 3 rings (SSSR count). The van der Waals surface area contributed by atoms with E-state index >= 15 is 0 Å². The molecule has 1 aliphatic rings. The molecule has 7 heteroatoms. The summed E-state index contributed by atoms with van der Waals surface area (Å²) in [5.74, 6) is 1.73. The third-order valence-corrected chi connectivity index (χ3v) is 4.17. The summed E-state index contributed by atoms with van der Waals surface area (Å²) in [7, 11) is 1.99. The normalized spacial score (nSPS) is 17.6. The van der Waals surface area contributed by atoms with E-state index in [2.05, 4.69) is 34.3 Å². The average molecular weight is 289 g/mol. The average Bonchev–Trinajstić information content (AvgIpc) is 2.98. The van der Waals surface area contributed by atoms with Crippen LogP contribution in [0.1, 0.15) is 41.7 Å². The lowest BCUT2D eigenvalue weighted by Gasteiger charge is -2.24. The Morgan fingerprint density at radius 3 is 2.81 bits per heavy atom. The largest absolute Gasteiger partial charge is 0.354 e. The molecule has 7 nitrogen and oxygen atoms in total. The minimum absolute atomic E-state index is 0.217. The molecule has 0 radical (unpaired) electrons. The van der Waals surface area contributed by atoms with Gasteiger partial charge in [-0.25, -0.2) is 4.68 Å². The van der Waals surface area contributed by atoms with E-state index in [-0.39, 0.29) is 6.04 Å². The molecular formula is C14H23N7. The van der Waals surface area contributed by atoms with Crippen molar-refractivity contribution in [2.24, 2.45) is 12.8 Å². The summed E-state index contributed by atoms with van der Waals surface area (Å²) in [5.41, 5.74) is 9.12. The summed E-state index contributed by atoms with van der Waals surface area (Å²) < 4.78 is 3.96. The molecule has 0 amide bonds. The number of fused-ring (bicyclic) bond motifs is 1. The summed E-state index contributed by atoms with van der Waals surface area (Å²) in [6.07, 6.45) is 2.75. The number of rotatable bonds is 4. The lowest BCUT2D eigenvalue weighted by atomic mass is 10.0. The first-order valence-corrected chi connectivity index (χ1v) is 7.51. The zero-order valence-corrected chi connectivity index (χ0v) is 12.9. The smallest absolute Gasteiger partial charge is 0.221 e. The molecule has 21 heavy (non-hydrogen) atoms. The molecule has 3 heterocycles. The molecule has 3 N–H and O–H groups in total. The molecule has 1 aliphatic heterocycles. The summed E-state index contributed by atoms with van der Waals surface area (Å²) in [4.78, 5) is 4.59. The first-order chi connectivity index (χ1) is 10.1. The topological polar surface area (TPSA) is 86.6 Å². The zero-order valence-electron chi connectivity index (χ0n) is 12.9. The first-order valence-electron chi connectivity index (χ1n) is 7.51. The fourth-order valence-electron chi connectivity index (χ4n) is 3.05. The Labute approximate surface area is 124 Å². The maximum absolute atomic E-state index is 5.57. The number of hydrogen-bond acceptors (Lipinski definition) is 5. The summed E-state index contributed by atoms with van der Waals surface area (Å²) in [6, 6.07) is 0.217. The Morgan fingerprint density at radius 2 is 2.14 bits per heavy atom. The van der Waals surface area contributed by atoms with E-state index in [0.29, 0.717) is 6.54 Å². The van der Waals surface area contributed by atoms with Crippen molar-refractivity contribution in [3.8, 4) is 0 Å². The molecule has 114 valence electrons. The molecule has 0 aromatic carbocycles. The first kappa shape index (κ1) is 14.1. The number of aromatic nitrogens is 5. The van der Waals surface area contributed by atoms with E-state index in [4.69, 9.17) is 5.73 Å². The van der Waals surface area contributed by atoms with Crippen molar-refractivity contribution in [3.05, 3.63) is 22.8 Å². The Hall–Kier alpha value is -1.89. The predicted molar refractivity (Wildman–Crippen MR) is 81.3 cm³/mol. The Bertz CT molecular complexity index is 640. The van der Waals surface area contributed by atoms with Crippen molar-refractivity contribution in [3.63, 3.8) is 0 Å². The second-order valence-electron chi connectivity index (χ2n) is 5.63. The van der Waals surface area contributed by atoms with Crippen LogP contribution in [-0.4, -0.2) is 37.6 Å². The molecule has 0 fully saturated rings. The zero-order chi connectivity index (χ0) is 15.0. The Balaban J connectivity index is 1.98. The van der Waals surface area contributed by atoms with Gasteiger partial charge in [0.25, 0.3) is 0 Å². The molecule has 2 aromatic rings. The number of nitrogens with zero attached hydrogens (tertiary/aromatic N) is 5. The SMILES string of the molecule is Cc1nn(C)c(C)c1C1CCNc2nc(CCCN)nn21. The van der Waals surface area contributed by atoms with Gasteiger partial charge in [-0.15, -0.1) is 0 Å². The summed E-state index contributed by atoms with van der Waals surface area (Å²) >= 11 is 0. The summed E-state index contributed by atoms with van der Waals surface area (Å²) in [6.45, 7) is 5.76. The number of nitrogens with two attached hydrogens (primary N) is 1. The van der Waals surface area contributed by atoms with E-state index in [1.165, 1.54) is 11.3 Å². The quantitative estimate of drug-likeness (QED) is 0.874. The van der Waals surface area contributed by atoms with Crippen LogP contribution in [0.4, 0.5) is 5.95 Å². The fourth-order valence-corrected chi connectivity index (χ4v) is 3.05. The fraction of sp³-hybridized carbons (Fsp3) is 0.643. The standard InChI is InChI=1S/C14H23N7/c1-9-13(10(2)20(3)18-9)11-6-8-16-14-17-12(5-4-7-15)19-21(11)14/h11H,4-8,15H2,1-3H3,(H,16,17,19). The van der Waals surface area contributed by atoms with E-state index in [1.54, 1.807) is 0 Å². The van der Waals surface area contributed by atoms with Crippen LogP contribution in [0.15, 0.2) is 0 Å². The molecule has 0 saturated heterocycles. The van der Waals surface area contributed by atoms with Crippen molar-refractivity contribution < 1.29 is 0 Å². The van der Waals surface area contributed by atoms with E-state index in [1.807, 2.05) is 16.4 Å². The summed E-state index contributed by atoms with van der Waals surface area (Å²) in [5, 5.41) is 12.6. The molecule has 0 bridgehead atoms. The van der Waals surface area contributed by atoms with Crippen LogP contribution in [0.2, 0.25) is 0 Å². The Kier molecular flexibility index (Phi) is 3.67. The third kappa shape index (κ3) is 2.42. The minimum atomic E-state index is 0.217. The van der Waals surface area contributed by atoms with Crippen molar-refractivity contribution in [2.75, 3.05) is 18.4 Å². The molecule has 1 atom stereocenters. The number of anilines is 1. The highest BCUT2D eigenvalue weighted by Crippen LogP contribution is 2.32. The van der Waals surface area contributed by atoms with E-state index in [0.717, 1.165) is 43.3 Å². The molecule has 0 saturated carbocycles. The van der Waals surface area contributed by atoms with E-state index < -0.39 is 0 Å². The van der Waals surface area contributed by atoms with Crippen LogP contribution in [0, 0.1) is 13.8 Å². The van der Waals surface area contributed by atoms with Gasteiger partial charge < -0.3 is 11.1 Å². The highest BCUT2D eigenvalue weighted by Gasteiger charge is 2.28. The van der Waals surface area contributed by atoms with Gasteiger partial charge >= 0.3 is 0 Å². The molecule has 2 aromatic heterocycles. The van der Waals surface area contributed by atoms with E-state index in [9.17, 15) is 0 Å². The lowest BCUT2D eigenvalue weighted by molar-refractivity contribution is 0.472. The monoisotopic (exact) mass is 289 g/mol. The number of hydrogen-bond donors (Lipinski definition) is 2. The van der Waals surface area contributed by atoms with Gasteiger partial charge in [0.05, 0.1) is 11.7 Å². The predicted octanol–water partition coefficient (Wildman–Crippen LogP) is 0.925. The van der Waals surface area contributed by atoms with Crippen molar-refractivity contribution in [1.82, 2.24) is 24.5 Å². The third-order valence-electron chi connectivity index (χ3n) is 4.17. The molecule has 0 aliphatic carbocycles. The van der Waals surface area contributed by atoms with Crippen molar-refractivity contribution >= 4 is 5.95 Å². The van der Waals surface area contributed by atoms with Crippen LogP contribution in [0.3, 0.4) is 0 Å². The van der Waals surface area contributed by atoms with Crippen molar-refractivity contribution in [1.29, 1.82) is 0 Å². The molecular weight excluding hydrogens is 266 g/mol. The highest BCUT2D eigenvalue weighted by atomic mass is 15.4. The lowest BCUT2D eigenvalue weighted by Crippen LogP contribution is -2.25. The van der Waals surface area contributed by atoms with Crippen molar-refractivity contribution in [2.45, 2.75) is 39.2 Å². The van der Waals surface area contributed by atoms with Gasteiger partial charge in [-0.05, 0) is 33.2 Å². The van der Waals surface area contributed by atoms with Crippen LogP contribution in [-0.2, 0) is 13.5 Å². The van der Waals surface area contributed by atoms with Gasteiger partial charge in [-0.3, -0.25) is 4.68 Å². The number of aryl methyl sites for hydroxylation is 3. The second-order valence-corrected chi connectivity index (χ2v) is 5.63. The molecule has 1 unspecified atom stereocenters. The maximum atomic E-state index is 5.57. The van der Waals surface area contributed by atoms with Crippen LogP contribution < -0.4 is 11.1 Å². The van der Waals surface area contributed by atoms with Crippen LogP contribution in [0.25, 0.3) is 0 Å². The van der Waals surface area contributed by atoms with Crippen LogP contribution >= 0.6 is 0 Å². The van der Waals surface area contributed by atoms with Gasteiger partial charge in [0.1, 0.15) is 0 Å². The molecule has 0 spiro atoms. The van der Waals surface area contributed by atoms with Crippen LogP contribution in [0.5, 0.6) is 0 Å². The van der Waals surface area contributed by atoms with Gasteiger partial charge in [0.2, 0.25) is 5.95 Å². The van der Waals surface area contributed by atoms with Gasteiger partial charge in [0, 0.05) is 31.3 Å². The maximum Gasteiger partial charge on any atom is 0.221 e. The highest BCUT2D eigenvalue weighted by molar-refractivity contribution is 5.36. The van der Waals surface area contributed by atoms with Gasteiger partial charge in [0.15, 0.2) is 5.82 Å². The Morgan fingerprint density at radius 1 is 1.33 bits per heavy atom. The van der Waals surface area contributed by atoms with Gasteiger partial charge in [-0.1, -0.05) is 0 Å². The van der Waals surface area contributed by atoms with Gasteiger partial charge in [-0.2, -0.15) is 15.2 Å². The second kappa shape index (κ2) is 5.48. The minimum Gasteiger partial charge on any atom is -0.354 e. The number of nitrogens with one attached hydrogen (secondary N) is 1.